The molecule has 0 saturated carbocycles. The molecular formula is C31H38Cl2N2O6. The third kappa shape index (κ3) is 9.30. The minimum absolute atomic E-state index is 0.230. The summed E-state index contributed by atoms with van der Waals surface area (Å²) in [7, 11) is 1.30. The molecule has 41 heavy (non-hydrogen) atoms. The Balaban J connectivity index is 1.45. The quantitative estimate of drug-likeness (QED) is 0.197. The van der Waals surface area contributed by atoms with Gasteiger partial charge in [0.05, 0.1) is 29.3 Å². The zero-order valence-corrected chi connectivity index (χ0v) is 25.2. The second-order valence-corrected chi connectivity index (χ2v) is 10.7. The van der Waals surface area contributed by atoms with Crippen LogP contribution in [-0.2, 0) is 19.1 Å². The van der Waals surface area contributed by atoms with Gasteiger partial charge in [-0.2, -0.15) is 0 Å². The minimum atomic E-state index is -0.835. The Labute approximate surface area is 251 Å². The fraction of sp³-hybridized carbons (Fsp3) is 0.452. The maximum absolute atomic E-state index is 13.3. The number of esters is 2. The van der Waals surface area contributed by atoms with E-state index in [0.29, 0.717) is 35.0 Å². The van der Waals surface area contributed by atoms with Crippen molar-refractivity contribution >= 4 is 40.9 Å². The van der Waals surface area contributed by atoms with E-state index in [1.54, 1.807) is 32.0 Å². The standard InChI is InChI=1S/C31H38Cl2N2O6/c1-20-26(30(37)39-3)28(24-14-11-15-25(32)29(24)33)27(21(2)35-20)31(38)40-17-10-5-4-9-16-34-18-22(36)19-41-23-12-7-6-8-13-23/h6-8,11-15,22,26,28,34,36H,4-5,9-10,16-19H2,1-3H3. The third-order valence-corrected chi connectivity index (χ3v) is 7.70. The predicted octanol–water partition coefficient (Wildman–Crippen LogP) is 5.75. The van der Waals surface area contributed by atoms with Crippen molar-refractivity contribution in [2.45, 2.75) is 51.6 Å². The average molecular weight is 606 g/mol. The molecule has 222 valence electrons. The molecule has 0 saturated heterocycles. The highest BCUT2D eigenvalue weighted by Crippen LogP contribution is 2.44. The summed E-state index contributed by atoms with van der Waals surface area (Å²) in [6.07, 6.45) is 2.84. The van der Waals surface area contributed by atoms with Crippen LogP contribution in [0, 0.1) is 5.92 Å². The van der Waals surface area contributed by atoms with Crippen LogP contribution >= 0.6 is 23.2 Å². The normalized spacial score (nSPS) is 17.6. The lowest BCUT2D eigenvalue weighted by atomic mass is 9.75. The van der Waals surface area contributed by atoms with Crippen LogP contribution in [0.4, 0.5) is 0 Å². The van der Waals surface area contributed by atoms with Crippen LogP contribution in [0.3, 0.4) is 0 Å². The summed E-state index contributed by atoms with van der Waals surface area (Å²) in [5.74, 6) is -1.90. The van der Waals surface area contributed by atoms with E-state index in [1.165, 1.54) is 7.11 Å². The molecule has 2 aromatic carbocycles. The molecule has 0 aliphatic carbocycles. The van der Waals surface area contributed by atoms with E-state index in [0.717, 1.165) is 31.6 Å². The van der Waals surface area contributed by atoms with Gasteiger partial charge in [-0.3, -0.25) is 9.79 Å². The number of aliphatic hydroxyl groups is 1. The number of rotatable bonds is 15. The van der Waals surface area contributed by atoms with E-state index in [1.807, 2.05) is 30.3 Å². The Morgan fingerprint density at radius 3 is 2.49 bits per heavy atom. The highest BCUT2D eigenvalue weighted by Gasteiger charge is 2.43. The van der Waals surface area contributed by atoms with Crippen LogP contribution in [0.5, 0.6) is 5.75 Å². The van der Waals surface area contributed by atoms with Gasteiger partial charge in [0.2, 0.25) is 0 Å². The van der Waals surface area contributed by atoms with E-state index in [9.17, 15) is 14.7 Å². The summed E-state index contributed by atoms with van der Waals surface area (Å²) in [5.41, 5.74) is 1.81. The van der Waals surface area contributed by atoms with E-state index < -0.39 is 29.9 Å². The van der Waals surface area contributed by atoms with Gasteiger partial charge >= 0.3 is 11.9 Å². The number of carbonyl (C=O) groups is 2. The summed E-state index contributed by atoms with van der Waals surface area (Å²) >= 11 is 12.8. The maximum atomic E-state index is 13.3. The molecule has 0 fully saturated rings. The van der Waals surface area contributed by atoms with Crippen LogP contribution in [0.2, 0.25) is 10.0 Å². The summed E-state index contributed by atoms with van der Waals surface area (Å²) in [6, 6.07) is 14.5. The van der Waals surface area contributed by atoms with E-state index in [4.69, 9.17) is 37.4 Å². The zero-order chi connectivity index (χ0) is 29.8. The van der Waals surface area contributed by atoms with E-state index >= 15 is 0 Å². The second kappa shape index (κ2) is 16.5. The van der Waals surface area contributed by atoms with Crippen molar-refractivity contribution in [1.82, 2.24) is 5.32 Å². The number of unbranched alkanes of at least 4 members (excludes halogenated alkanes) is 3. The highest BCUT2D eigenvalue weighted by atomic mass is 35.5. The first-order chi connectivity index (χ1) is 19.7. The van der Waals surface area contributed by atoms with E-state index in [-0.39, 0.29) is 23.8 Å². The Morgan fingerprint density at radius 2 is 1.76 bits per heavy atom. The average Bonchev–Trinajstić information content (AvgIpc) is 2.96. The molecule has 10 heteroatoms. The predicted molar refractivity (Wildman–Crippen MR) is 161 cm³/mol. The molecule has 0 bridgehead atoms. The first-order valence-corrected chi connectivity index (χ1v) is 14.5. The van der Waals surface area contributed by atoms with Gasteiger partial charge in [0.15, 0.2) is 0 Å². The molecule has 1 aliphatic rings. The van der Waals surface area contributed by atoms with Gasteiger partial charge in [0.1, 0.15) is 24.4 Å². The Kier molecular flexibility index (Phi) is 13.1. The largest absolute Gasteiger partial charge is 0.491 e. The Bertz CT molecular complexity index is 1230. The second-order valence-electron chi connectivity index (χ2n) is 9.91. The van der Waals surface area contributed by atoms with Crippen LogP contribution in [0.25, 0.3) is 0 Å². The van der Waals surface area contributed by atoms with Crippen LogP contribution in [-0.4, -0.2) is 62.3 Å². The lowest BCUT2D eigenvalue weighted by molar-refractivity contribution is -0.144. The van der Waals surface area contributed by atoms with Crippen molar-refractivity contribution in [2.24, 2.45) is 10.9 Å². The maximum Gasteiger partial charge on any atom is 0.336 e. The van der Waals surface area contributed by atoms with Gasteiger partial charge in [-0.25, -0.2) is 4.79 Å². The number of nitrogens with one attached hydrogen (secondary N) is 1. The molecule has 0 spiro atoms. The van der Waals surface area contributed by atoms with Gasteiger partial charge in [-0.05, 0) is 57.0 Å². The first-order valence-electron chi connectivity index (χ1n) is 13.8. The highest BCUT2D eigenvalue weighted by molar-refractivity contribution is 6.42. The summed E-state index contributed by atoms with van der Waals surface area (Å²) < 4.78 is 16.2. The Morgan fingerprint density at radius 1 is 1.02 bits per heavy atom. The van der Waals surface area contributed by atoms with Gasteiger partial charge in [0.25, 0.3) is 0 Å². The number of hydrogen-bond donors (Lipinski definition) is 2. The monoisotopic (exact) mass is 604 g/mol. The molecule has 0 aromatic heterocycles. The summed E-state index contributed by atoms with van der Waals surface area (Å²) in [4.78, 5) is 30.6. The van der Waals surface area contributed by atoms with Crippen molar-refractivity contribution in [1.29, 1.82) is 0 Å². The fourth-order valence-corrected chi connectivity index (χ4v) is 5.24. The number of halogens is 2. The van der Waals surface area contributed by atoms with Crippen LogP contribution < -0.4 is 10.1 Å². The van der Waals surface area contributed by atoms with E-state index in [2.05, 4.69) is 10.3 Å². The number of para-hydroxylation sites is 1. The fourth-order valence-electron chi connectivity index (χ4n) is 4.82. The van der Waals surface area contributed by atoms with Crippen molar-refractivity contribution < 1.29 is 28.9 Å². The molecule has 2 N–H and O–H groups in total. The molecular weight excluding hydrogens is 567 g/mol. The molecule has 0 radical (unpaired) electrons. The molecule has 3 unspecified atom stereocenters. The molecule has 3 rings (SSSR count). The van der Waals surface area contributed by atoms with Crippen molar-refractivity contribution in [3.8, 4) is 5.75 Å². The summed E-state index contributed by atoms with van der Waals surface area (Å²) in [5, 5.41) is 13.9. The van der Waals surface area contributed by atoms with Crippen molar-refractivity contribution in [3.05, 3.63) is 75.4 Å². The van der Waals surface area contributed by atoms with Crippen molar-refractivity contribution in [3.63, 3.8) is 0 Å². The number of aliphatic imine (C=N–C) groups is 1. The van der Waals surface area contributed by atoms with Crippen LogP contribution in [0.15, 0.2) is 64.8 Å². The van der Waals surface area contributed by atoms with Crippen molar-refractivity contribution in [2.75, 3.05) is 33.4 Å². The first kappa shape index (κ1) is 32.6. The SMILES string of the molecule is COC(=O)C1C(C)=NC(C)=C(C(=O)OCCCCCCNCC(O)COc2ccccc2)C1c1cccc(Cl)c1Cl. The third-order valence-electron chi connectivity index (χ3n) is 6.87. The molecule has 3 atom stereocenters. The number of carbonyl (C=O) groups excluding carboxylic acids is 2. The van der Waals surface area contributed by atoms with Gasteiger partial charge < -0.3 is 24.6 Å². The molecule has 1 heterocycles. The zero-order valence-electron chi connectivity index (χ0n) is 23.7. The number of methoxy groups -OCH3 is 1. The number of ether oxygens (including phenoxy) is 3. The van der Waals surface area contributed by atoms with Gasteiger partial charge in [-0.1, -0.05) is 66.4 Å². The smallest absolute Gasteiger partial charge is 0.336 e. The van der Waals surface area contributed by atoms with Gasteiger partial charge in [-0.15, -0.1) is 0 Å². The minimum Gasteiger partial charge on any atom is -0.491 e. The number of nitrogens with zero attached hydrogens (tertiary/aromatic N) is 1. The lowest BCUT2D eigenvalue weighted by Crippen LogP contribution is -2.36. The molecule has 0 amide bonds. The molecule has 2 aromatic rings. The number of aliphatic hydroxyl groups excluding tert-OH is 1. The molecule has 1 aliphatic heterocycles. The number of hydrogen-bond acceptors (Lipinski definition) is 8. The summed E-state index contributed by atoms with van der Waals surface area (Å²) in [6.45, 7) is 5.13. The topological polar surface area (TPSA) is 106 Å². The Hall–Kier alpha value is -2.91. The molecule has 8 nitrogen and oxygen atoms in total. The number of allylic oxidation sites excluding steroid dienone is 1. The van der Waals surface area contributed by atoms with Crippen LogP contribution in [0.1, 0.15) is 51.0 Å². The number of benzene rings is 2. The van der Waals surface area contributed by atoms with Gasteiger partial charge in [0, 0.05) is 23.9 Å². The lowest BCUT2D eigenvalue weighted by Gasteiger charge is -2.32.